The number of methoxy groups -OCH3 is 1. The van der Waals surface area contributed by atoms with Gasteiger partial charge in [0.1, 0.15) is 5.52 Å². The van der Waals surface area contributed by atoms with E-state index in [9.17, 15) is 4.79 Å². The highest BCUT2D eigenvalue weighted by molar-refractivity contribution is 7.23. The minimum absolute atomic E-state index is 0.123. The van der Waals surface area contributed by atoms with E-state index in [0.717, 1.165) is 55.0 Å². The minimum Gasteiger partial charge on any atom is -0.479 e. The zero-order valence-corrected chi connectivity index (χ0v) is 17.2. The molecule has 0 bridgehead atoms. The number of thiazole rings is 1. The maximum absolute atomic E-state index is 12.8. The van der Waals surface area contributed by atoms with Crippen molar-refractivity contribution in [3.63, 3.8) is 0 Å². The Kier molecular flexibility index (Phi) is 4.39. The van der Waals surface area contributed by atoms with E-state index in [-0.39, 0.29) is 11.4 Å². The molecule has 1 atom stereocenters. The van der Waals surface area contributed by atoms with E-state index >= 15 is 0 Å². The van der Waals surface area contributed by atoms with Gasteiger partial charge in [0.25, 0.3) is 0 Å². The van der Waals surface area contributed by atoms with E-state index in [4.69, 9.17) is 9.47 Å². The molecule has 1 unspecified atom stereocenters. The van der Waals surface area contributed by atoms with Crippen LogP contribution in [0.15, 0.2) is 18.6 Å². The number of amides is 2. The van der Waals surface area contributed by atoms with Gasteiger partial charge in [0.15, 0.2) is 5.13 Å². The monoisotopic (exact) mass is 414 g/mol. The Balaban J connectivity index is 1.43. The first-order chi connectivity index (χ1) is 14.1. The van der Waals surface area contributed by atoms with Crippen molar-refractivity contribution in [1.82, 2.24) is 24.6 Å². The Morgan fingerprint density at radius 2 is 2.28 bits per heavy atom. The van der Waals surface area contributed by atoms with Crippen LogP contribution >= 0.6 is 11.3 Å². The quantitative estimate of drug-likeness (QED) is 0.708. The van der Waals surface area contributed by atoms with Gasteiger partial charge in [0.2, 0.25) is 5.88 Å². The average molecular weight is 414 g/mol. The Morgan fingerprint density at radius 3 is 3.00 bits per heavy atom. The van der Waals surface area contributed by atoms with E-state index < -0.39 is 0 Å². The number of hydrogen-bond acceptors (Lipinski definition) is 7. The molecular formula is C19H22N6O3S. The maximum atomic E-state index is 12.8. The number of ether oxygens (including phenoxy) is 2. The van der Waals surface area contributed by atoms with E-state index in [1.165, 1.54) is 11.3 Å². The van der Waals surface area contributed by atoms with E-state index in [2.05, 4.69) is 20.4 Å². The van der Waals surface area contributed by atoms with Crippen LogP contribution in [0.4, 0.5) is 9.93 Å². The van der Waals surface area contributed by atoms with Crippen LogP contribution in [-0.2, 0) is 11.8 Å². The largest absolute Gasteiger partial charge is 0.479 e. The van der Waals surface area contributed by atoms with Gasteiger partial charge in [-0.25, -0.2) is 14.8 Å². The summed E-state index contributed by atoms with van der Waals surface area (Å²) >= 11 is 1.42. The van der Waals surface area contributed by atoms with Crippen LogP contribution in [0.1, 0.15) is 12.8 Å². The number of pyridine rings is 1. The lowest BCUT2D eigenvalue weighted by atomic mass is 9.87. The molecule has 0 radical (unpaired) electrons. The average Bonchev–Trinajstić information content (AvgIpc) is 3.49. The highest BCUT2D eigenvalue weighted by Crippen LogP contribution is 2.40. The second kappa shape index (κ2) is 6.96. The van der Waals surface area contributed by atoms with Crippen LogP contribution < -0.4 is 10.1 Å². The molecule has 1 N–H and O–H groups in total. The second-order valence-corrected chi connectivity index (χ2v) is 8.68. The van der Waals surface area contributed by atoms with E-state index in [1.807, 2.05) is 18.1 Å². The zero-order valence-electron chi connectivity index (χ0n) is 16.3. The fourth-order valence-electron chi connectivity index (χ4n) is 4.11. The lowest BCUT2D eigenvalue weighted by Crippen LogP contribution is -2.35. The van der Waals surface area contributed by atoms with Gasteiger partial charge in [-0.3, -0.25) is 10.00 Å². The van der Waals surface area contributed by atoms with Crippen molar-refractivity contribution >= 4 is 32.7 Å². The Morgan fingerprint density at radius 1 is 1.38 bits per heavy atom. The normalized spacial score (nSPS) is 21.4. The molecule has 2 fully saturated rings. The third kappa shape index (κ3) is 3.22. The van der Waals surface area contributed by atoms with Crippen molar-refractivity contribution in [3.8, 4) is 17.0 Å². The van der Waals surface area contributed by atoms with E-state index in [0.29, 0.717) is 16.5 Å². The van der Waals surface area contributed by atoms with Crippen LogP contribution in [0.3, 0.4) is 0 Å². The SMILES string of the molecule is COc1ncc(-c2cnn(C)c2)c2sc(NC(=O)N3CCC4(CCOC4)C3)nc12. The van der Waals surface area contributed by atoms with Gasteiger partial charge in [-0.2, -0.15) is 5.10 Å². The smallest absolute Gasteiger partial charge is 0.323 e. The minimum atomic E-state index is -0.123. The van der Waals surface area contributed by atoms with E-state index in [1.54, 1.807) is 24.2 Å². The standard InChI is InChI=1S/C19H22N6O3S/c1-24-9-12(7-21-24)13-8-20-16(27-2)14-15(13)29-17(22-14)23-18(26)25-5-3-19(10-25)4-6-28-11-19/h7-9H,3-6,10-11H2,1-2H3,(H,22,23,26). The number of urea groups is 1. The van der Waals surface area contributed by atoms with Gasteiger partial charge in [0, 0.05) is 55.7 Å². The number of likely N-dealkylation sites (tertiary alicyclic amines) is 1. The number of anilines is 1. The Labute approximate surface area is 171 Å². The molecule has 2 saturated heterocycles. The number of aryl methyl sites for hydroxylation is 1. The number of carbonyl (C=O) groups is 1. The molecule has 9 nitrogen and oxygen atoms in total. The van der Waals surface area contributed by atoms with Crippen LogP contribution in [-0.4, -0.2) is 64.1 Å². The summed E-state index contributed by atoms with van der Waals surface area (Å²) in [4.78, 5) is 23.7. The fraction of sp³-hybridized carbons (Fsp3) is 0.474. The Hall–Kier alpha value is -2.72. The predicted octanol–water partition coefficient (Wildman–Crippen LogP) is 2.74. The zero-order chi connectivity index (χ0) is 20.0. The highest BCUT2D eigenvalue weighted by Gasteiger charge is 2.42. The molecule has 3 aromatic rings. The lowest BCUT2D eigenvalue weighted by Gasteiger charge is -2.21. The topological polar surface area (TPSA) is 94.4 Å². The molecule has 1 spiro atoms. The summed E-state index contributed by atoms with van der Waals surface area (Å²) in [6.07, 6.45) is 7.48. The summed E-state index contributed by atoms with van der Waals surface area (Å²) in [5.74, 6) is 0.438. The summed E-state index contributed by atoms with van der Waals surface area (Å²) in [5, 5.41) is 7.74. The van der Waals surface area contributed by atoms with Crippen molar-refractivity contribution in [2.75, 3.05) is 38.7 Å². The highest BCUT2D eigenvalue weighted by atomic mass is 32.1. The maximum Gasteiger partial charge on any atom is 0.323 e. The van der Waals surface area contributed by atoms with Gasteiger partial charge in [0.05, 0.1) is 24.6 Å². The number of nitrogens with one attached hydrogen (secondary N) is 1. The molecule has 2 aliphatic heterocycles. The number of hydrogen-bond donors (Lipinski definition) is 1. The summed E-state index contributed by atoms with van der Waals surface area (Å²) < 4.78 is 13.6. The molecule has 0 saturated carbocycles. The van der Waals surface area contributed by atoms with Crippen LogP contribution in [0.25, 0.3) is 21.3 Å². The first-order valence-electron chi connectivity index (χ1n) is 9.53. The summed E-state index contributed by atoms with van der Waals surface area (Å²) in [6, 6.07) is -0.123. The van der Waals surface area contributed by atoms with Crippen LogP contribution in [0.5, 0.6) is 5.88 Å². The van der Waals surface area contributed by atoms with Crippen molar-refractivity contribution in [2.45, 2.75) is 12.8 Å². The van der Waals surface area contributed by atoms with Gasteiger partial charge < -0.3 is 14.4 Å². The third-order valence-electron chi connectivity index (χ3n) is 5.72. The number of nitrogens with zero attached hydrogens (tertiary/aromatic N) is 5. The summed E-state index contributed by atoms with van der Waals surface area (Å²) in [5.41, 5.74) is 2.62. The first kappa shape index (κ1) is 18.3. The molecule has 0 aromatic carbocycles. The molecule has 5 rings (SSSR count). The van der Waals surface area contributed by atoms with Gasteiger partial charge in [-0.15, -0.1) is 0 Å². The summed E-state index contributed by atoms with van der Waals surface area (Å²) in [6.45, 7) is 3.01. The lowest BCUT2D eigenvalue weighted by molar-refractivity contribution is 0.154. The second-order valence-electron chi connectivity index (χ2n) is 7.68. The van der Waals surface area contributed by atoms with Gasteiger partial charge >= 0.3 is 6.03 Å². The van der Waals surface area contributed by atoms with Crippen molar-refractivity contribution in [2.24, 2.45) is 12.5 Å². The van der Waals surface area contributed by atoms with Crippen molar-refractivity contribution in [1.29, 1.82) is 0 Å². The first-order valence-corrected chi connectivity index (χ1v) is 10.3. The molecule has 29 heavy (non-hydrogen) atoms. The van der Waals surface area contributed by atoms with Gasteiger partial charge in [-0.1, -0.05) is 11.3 Å². The van der Waals surface area contributed by atoms with Crippen molar-refractivity contribution in [3.05, 3.63) is 18.6 Å². The molecular weight excluding hydrogens is 392 g/mol. The van der Waals surface area contributed by atoms with Crippen LogP contribution in [0.2, 0.25) is 0 Å². The number of carbonyl (C=O) groups excluding carboxylic acids is 1. The number of fused-ring (bicyclic) bond motifs is 1. The number of aromatic nitrogens is 4. The molecule has 10 heteroatoms. The number of rotatable bonds is 3. The van der Waals surface area contributed by atoms with Crippen molar-refractivity contribution < 1.29 is 14.3 Å². The summed E-state index contributed by atoms with van der Waals surface area (Å²) in [7, 11) is 3.44. The third-order valence-corrected chi connectivity index (χ3v) is 6.72. The molecule has 2 amide bonds. The fourth-order valence-corrected chi connectivity index (χ4v) is 5.09. The predicted molar refractivity (Wildman–Crippen MR) is 109 cm³/mol. The molecule has 2 aliphatic rings. The molecule has 5 heterocycles. The molecule has 0 aliphatic carbocycles. The van der Waals surface area contributed by atoms with Crippen LogP contribution in [0, 0.1) is 5.41 Å². The van der Waals surface area contributed by atoms with Gasteiger partial charge in [-0.05, 0) is 12.8 Å². The molecule has 3 aromatic heterocycles. The molecule has 152 valence electrons. The Bertz CT molecular complexity index is 1070.